The first-order valence-corrected chi connectivity index (χ1v) is 8.19. The number of carbonyl (C=O) groups excluding carboxylic acids is 3. The highest BCUT2D eigenvalue weighted by atomic mass is 16.2. The molecule has 0 bridgehead atoms. The molecule has 1 atom stereocenters. The van der Waals surface area contributed by atoms with Gasteiger partial charge in [0.25, 0.3) is 0 Å². The molecular weight excluding hydrogens is 308 g/mol. The summed E-state index contributed by atoms with van der Waals surface area (Å²) in [7, 11) is 0. The molecule has 2 fully saturated rings. The number of imide groups is 1. The molecule has 2 saturated heterocycles. The number of carbonyl (C=O) groups is 3. The van der Waals surface area contributed by atoms with Crippen LogP contribution in [-0.2, 0) is 9.59 Å². The molecule has 2 aliphatic rings. The molecule has 7 heteroatoms. The Morgan fingerprint density at radius 2 is 1.96 bits per heavy atom. The van der Waals surface area contributed by atoms with Crippen molar-refractivity contribution in [2.75, 3.05) is 18.0 Å². The number of rotatable bonds is 3. The maximum absolute atomic E-state index is 12.5. The zero-order valence-electron chi connectivity index (χ0n) is 13.7. The lowest BCUT2D eigenvalue weighted by Gasteiger charge is -2.40. The minimum atomic E-state index is -0.404. The van der Waals surface area contributed by atoms with Gasteiger partial charge in [-0.15, -0.1) is 0 Å². The van der Waals surface area contributed by atoms with Gasteiger partial charge in [0.1, 0.15) is 0 Å². The highest BCUT2D eigenvalue weighted by molar-refractivity contribution is 6.16. The average molecular weight is 330 g/mol. The van der Waals surface area contributed by atoms with Gasteiger partial charge in [-0.2, -0.15) is 0 Å². The summed E-state index contributed by atoms with van der Waals surface area (Å²) in [4.78, 5) is 39.4. The number of anilines is 1. The monoisotopic (exact) mass is 330 g/mol. The SMILES string of the molecule is Cc1cccc(N2C(=O)CC(N3CCC(C(N)=O)CC3)NC2=O)c1. The Kier molecular flexibility index (Phi) is 4.53. The van der Waals surface area contributed by atoms with E-state index in [1.54, 1.807) is 6.07 Å². The summed E-state index contributed by atoms with van der Waals surface area (Å²) in [6.07, 6.45) is 1.23. The van der Waals surface area contributed by atoms with Gasteiger partial charge in [0.15, 0.2) is 0 Å². The Hall–Kier alpha value is -2.41. The zero-order valence-corrected chi connectivity index (χ0v) is 13.7. The van der Waals surface area contributed by atoms with E-state index in [1.807, 2.05) is 30.0 Å². The summed E-state index contributed by atoms with van der Waals surface area (Å²) in [6, 6.07) is 6.91. The van der Waals surface area contributed by atoms with Gasteiger partial charge in [-0.1, -0.05) is 12.1 Å². The maximum Gasteiger partial charge on any atom is 0.329 e. The van der Waals surface area contributed by atoms with E-state index in [0.29, 0.717) is 31.6 Å². The lowest BCUT2D eigenvalue weighted by atomic mass is 9.95. The van der Waals surface area contributed by atoms with Crippen LogP contribution in [0, 0.1) is 12.8 Å². The molecule has 0 spiro atoms. The van der Waals surface area contributed by atoms with E-state index >= 15 is 0 Å². The lowest BCUT2D eigenvalue weighted by Crippen LogP contribution is -2.61. The molecule has 0 aliphatic carbocycles. The highest BCUT2D eigenvalue weighted by Gasteiger charge is 2.37. The Balaban J connectivity index is 1.67. The van der Waals surface area contributed by atoms with Crippen molar-refractivity contribution in [3.05, 3.63) is 29.8 Å². The summed E-state index contributed by atoms with van der Waals surface area (Å²) in [5.41, 5.74) is 6.92. The van der Waals surface area contributed by atoms with E-state index in [-0.39, 0.29) is 30.3 Å². The van der Waals surface area contributed by atoms with Crippen molar-refractivity contribution in [2.45, 2.75) is 32.4 Å². The molecule has 0 radical (unpaired) electrons. The third-order valence-electron chi connectivity index (χ3n) is 4.74. The van der Waals surface area contributed by atoms with Crippen molar-refractivity contribution in [1.82, 2.24) is 10.2 Å². The Labute approximate surface area is 140 Å². The zero-order chi connectivity index (χ0) is 17.3. The molecule has 1 aromatic carbocycles. The topological polar surface area (TPSA) is 95.7 Å². The first-order chi connectivity index (χ1) is 11.5. The van der Waals surface area contributed by atoms with Gasteiger partial charge in [-0.3, -0.25) is 14.5 Å². The van der Waals surface area contributed by atoms with Crippen molar-refractivity contribution in [2.24, 2.45) is 11.7 Å². The van der Waals surface area contributed by atoms with E-state index in [2.05, 4.69) is 5.32 Å². The molecule has 2 aliphatic heterocycles. The second-order valence-electron chi connectivity index (χ2n) is 6.45. The number of nitrogens with zero attached hydrogens (tertiary/aromatic N) is 2. The second-order valence-corrected chi connectivity index (χ2v) is 6.45. The molecule has 1 unspecified atom stereocenters. The van der Waals surface area contributed by atoms with Crippen molar-refractivity contribution < 1.29 is 14.4 Å². The summed E-state index contributed by atoms with van der Waals surface area (Å²) >= 11 is 0. The number of benzene rings is 1. The van der Waals surface area contributed by atoms with Crippen LogP contribution in [-0.4, -0.2) is 42.0 Å². The minimum Gasteiger partial charge on any atom is -0.369 e. The lowest BCUT2D eigenvalue weighted by molar-refractivity contribution is -0.124. The number of nitrogens with two attached hydrogens (primary N) is 1. The molecular formula is C17H22N4O3. The van der Waals surface area contributed by atoms with Crippen molar-refractivity contribution in [3.63, 3.8) is 0 Å². The van der Waals surface area contributed by atoms with Gasteiger partial charge in [-0.25, -0.2) is 9.69 Å². The van der Waals surface area contributed by atoms with Gasteiger partial charge in [0, 0.05) is 19.0 Å². The predicted octanol–water partition coefficient (Wildman–Crippen LogP) is 0.965. The number of hydrogen-bond acceptors (Lipinski definition) is 4. The molecule has 128 valence electrons. The normalized spacial score (nSPS) is 23.2. The van der Waals surface area contributed by atoms with Crippen LogP contribution in [0.4, 0.5) is 10.5 Å². The van der Waals surface area contributed by atoms with Gasteiger partial charge in [-0.05, 0) is 37.5 Å². The predicted molar refractivity (Wildman–Crippen MR) is 89.1 cm³/mol. The molecule has 3 rings (SSSR count). The van der Waals surface area contributed by atoms with Crippen LogP contribution in [0.2, 0.25) is 0 Å². The van der Waals surface area contributed by atoms with E-state index in [1.165, 1.54) is 4.90 Å². The molecule has 4 amide bonds. The fourth-order valence-corrected chi connectivity index (χ4v) is 3.37. The van der Waals surface area contributed by atoms with E-state index in [9.17, 15) is 14.4 Å². The number of piperidine rings is 1. The fourth-order valence-electron chi connectivity index (χ4n) is 3.37. The van der Waals surface area contributed by atoms with E-state index in [4.69, 9.17) is 5.73 Å². The third kappa shape index (κ3) is 3.26. The van der Waals surface area contributed by atoms with Gasteiger partial charge < -0.3 is 11.1 Å². The van der Waals surface area contributed by atoms with Crippen LogP contribution in [0.3, 0.4) is 0 Å². The minimum absolute atomic E-state index is 0.111. The van der Waals surface area contributed by atoms with E-state index < -0.39 is 6.03 Å². The number of primary amides is 1. The molecule has 7 nitrogen and oxygen atoms in total. The number of hydrogen-bond donors (Lipinski definition) is 2. The van der Waals surface area contributed by atoms with Crippen LogP contribution in [0.25, 0.3) is 0 Å². The van der Waals surface area contributed by atoms with E-state index in [0.717, 1.165) is 5.56 Å². The molecule has 2 heterocycles. The van der Waals surface area contributed by atoms with Crippen LogP contribution in [0.15, 0.2) is 24.3 Å². The van der Waals surface area contributed by atoms with Crippen molar-refractivity contribution in [1.29, 1.82) is 0 Å². The molecule has 24 heavy (non-hydrogen) atoms. The Bertz CT molecular complexity index is 650. The van der Waals surface area contributed by atoms with Gasteiger partial charge in [0.05, 0.1) is 18.3 Å². The third-order valence-corrected chi connectivity index (χ3v) is 4.74. The standard InChI is InChI=1S/C17H22N4O3/c1-11-3-2-4-13(9-11)21-15(22)10-14(19-17(21)24)20-7-5-12(6-8-20)16(18)23/h2-4,9,12,14H,5-8,10H2,1H3,(H2,18,23)(H,19,24). The van der Waals surface area contributed by atoms with Crippen LogP contribution in [0.1, 0.15) is 24.8 Å². The largest absolute Gasteiger partial charge is 0.369 e. The number of amides is 4. The summed E-state index contributed by atoms with van der Waals surface area (Å²) < 4.78 is 0. The average Bonchev–Trinajstić information content (AvgIpc) is 2.54. The fraction of sp³-hybridized carbons (Fsp3) is 0.471. The molecule has 1 aromatic rings. The molecule has 3 N–H and O–H groups in total. The Morgan fingerprint density at radius 3 is 2.54 bits per heavy atom. The number of nitrogens with one attached hydrogen (secondary N) is 1. The van der Waals surface area contributed by atoms with Crippen molar-refractivity contribution >= 4 is 23.5 Å². The first kappa shape index (κ1) is 16.4. The number of likely N-dealkylation sites (tertiary alicyclic amines) is 1. The molecule has 0 saturated carbocycles. The second kappa shape index (κ2) is 6.60. The summed E-state index contributed by atoms with van der Waals surface area (Å²) in [5.74, 6) is -0.601. The summed E-state index contributed by atoms with van der Waals surface area (Å²) in [5, 5.41) is 2.90. The van der Waals surface area contributed by atoms with Crippen LogP contribution in [0.5, 0.6) is 0 Å². The Morgan fingerprint density at radius 1 is 1.25 bits per heavy atom. The van der Waals surface area contributed by atoms with Gasteiger partial charge in [0.2, 0.25) is 11.8 Å². The molecule has 0 aromatic heterocycles. The van der Waals surface area contributed by atoms with Crippen molar-refractivity contribution in [3.8, 4) is 0 Å². The van der Waals surface area contributed by atoms with Crippen LogP contribution < -0.4 is 16.0 Å². The number of urea groups is 1. The highest BCUT2D eigenvalue weighted by Crippen LogP contribution is 2.24. The first-order valence-electron chi connectivity index (χ1n) is 8.19. The smallest absolute Gasteiger partial charge is 0.329 e. The maximum atomic E-state index is 12.5. The van der Waals surface area contributed by atoms with Gasteiger partial charge >= 0.3 is 6.03 Å². The summed E-state index contributed by atoms with van der Waals surface area (Å²) in [6.45, 7) is 3.22. The number of aryl methyl sites for hydroxylation is 1. The van der Waals surface area contributed by atoms with Crippen LogP contribution >= 0.6 is 0 Å². The quantitative estimate of drug-likeness (QED) is 0.863.